The van der Waals surface area contributed by atoms with E-state index >= 15 is 0 Å². The highest BCUT2D eigenvalue weighted by molar-refractivity contribution is 7.89. The van der Waals surface area contributed by atoms with Crippen LogP contribution >= 0.6 is 11.3 Å². The molecular weight excluding hydrogens is 338 g/mol. The van der Waals surface area contributed by atoms with Crippen LogP contribution in [0.4, 0.5) is 0 Å². The number of rotatable bonds is 6. The largest absolute Gasteiger partial charge is 0.486 e. The van der Waals surface area contributed by atoms with Crippen LogP contribution in [0.25, 0.3) is 0 Å². The summed E-state index contributed by atoms with van der Waals surface area (Å²) < 4.78 is 37.9. The van der Waals surface area contributed by atoms with Crippen molar-refractivity contribution in [2.45, 2.75) is 17.4 Å². The highest BCUT2D eigenvalue weighted by Crippen LogP contribution is 2.32. The monoisotopic (exact) mass is 355 g/mol. The van der Waals surface area contributed by atoms with Crippen molar-refractivity contribution in [3.05, 3.63) is 40.6 Å². The van der Waals surface area contributed by atoms with Crippen LogP contribution < -0.4 is 14.2 Å². The lowest BCUT2D eigenvalue weighted by atomic mass is 10.2. The van der Waals surface area contributed by atoms with E-state index in [-0.39, 0.29) is 11.4 Å². The number of hydrogen-bond acceptors (Lipinski definition) is 6. The molecule has 0 spiro atoms. The van der Waals surface area contributed by atoms with Gasteiger partial charge in [-0.1, -0.05) is 6.07 Å². The number of ether oxygens (including phenoxy) is 2. The third-order valence-corrected chi connectivity index (χ3v) is 5.84. The third-order valence-electron chi connectivity index (χ3n) is 3.41. The molecule has 0 bridgehead atoms. The van der Waals surface area contributed by atoms with Crippen LogP contribution in [-0.2, 0) is 10.0 Å². The zero-order valence-corrected chi connectivity index (χ0v) is 13.9. The normalized spacial score (nSPS) is 15.3. The Labute approximate surface area is 138 Å². The number of thiophene rings is 1. The Kier molecular flexibility index (Phi) is 4.86. The van der Waals surface area contributed by atoms with E-state index in [4.69, 9.17) is 9.47 Å². The summed E-state index contributed by atoms with van der Waals surface area (Å²) in [6.45, 7) is 1.00. The van der Waals surface area contributed by atoms with Crippen LogP contribution in [0.1, 0.15) is 17.4 Å². The van der Waals surface area contributed by atoms with E-state index in [1.54, 1.807) is 6.07 Å². The van der Waals surface area contributed by atoms with Gasteiger partial charge >= 0.3 is 0 Å². The predicted octanol–water partition coefficient (Wildman–Crippen LogP) is 1.92. The van der Waals surface area contributed by atoms with Crippen molar-refractivity contribution in [2.75, 3.05) is 19.8 Å². The van der Waals surface area contributed by atoms with Gasteiger partial charge in [0.05, 0.1) is 11.0 Å². The van der Waals surface area contributed by atoms with E-state index in [0.29, 0.717) is 31.1 Å². The molecule has 8 heteroatoms. The molecule has 23 heavy (non-hydrogen) atoms. The third kappa shape index (κ3) is 3.84. The minimum atomic E-state index is -3.65. The first kappa shape index (κ1) is 16.3. The van der Waals surface area contributed by atoms with Gasteiger partial charge in [-0.25, -0.2) is 13.1 Å². The molecule has 0 saturated carbocycles. The second-order valence-corrected chi connectivity index (χ2v) is 7.77. The maximum atomic E-state index is 12.3. The number of aliphatic hydroxyl groups is 1. The molecule has 1 aliphatic rings. The van der Waals surface area contributed by atoms with Crippen LogP contribution in [0.3, 0.4) is 0 Å². The van der Waals surface area contributed by atoms with Gasteiger partial charge in [-0.05, 0) is 30.0 Å². The Hall–Kier alpha value is -1.61. The zero-order valence-electron chi connectivity index (χ0n) is 12.3. The maximum absolute atomic E-state index is 12.3. The van der Waals surface area contributed by atoms with Gasteiger partial charge in [0.25, 0.3) is 0 Å². The fourth-order valence-electron chi connectivity index (χ4n) is 2.23. The van der Waals surface area contributed by atoms with Gasteiger partial charge in [0, 0.05) is 17.5 Å². The lowest BCUT2D eigenvalue weighted by molar-refractivity contribution is 0.171. The zero-order chi connectivity index (χ0) is 16.3. The first-order valence-corrected chi connectivity index (χ1v) is 9.53. The second kappa shape index (κ2) is 6.88. The molecule has 2 N–H and O–H groups in total. The van der Waals surface area contributed by atoms with Crippen molar-refractivity contribution < 1.29 is 23.0 Å². The van der Waals surface area contributed by atoms with Gasteiger partial charge < -0.3 is 14.6 Å². The fourth-order valence-corrected chi connectivity index (χ4v) is 4.04. The molecule has 1 aromatic carbocycles. The molecule has 1 aromatic heterocycles. The molecule has 0 saturated heterocycles. The highest BCUT2D eigenvalue weighted by Gasteiger charge is 2.19. The Balaban J connectivity index is 1.63. The number of benzene rings is 1. The maximum Gasteiger partial charge on any atom is 0.240 e. The minimum Gasteiger partial charge on any atom is -0.486 e. The Morgan fingerprint density at radius 3 is 2.74 bits per heavy atom. The van der Waals surface area contributed by atoms with Crippen LogP contribution in [0.2, 0.25) is 0 Å². The van der Waals surface area contributed by atoms with Gasteiger partial charge in [0.1, 0.15) is 13.2 Å². The van der Waals surface area contributed by atoms with E-state index in [1.165, 1.54) is 23.5 Å². The molecule has 0 aliphatic carbocycles. The number of nitrogens with one attached hydrogen (secondary N) is 1. The molecule has 0 amide bonds. The fraction of sp³-hybridized carbons (Fsp3) is 0.333. The summed E-state index contributed by atoms with van der Waals surface area (Å²) in [5, 5.41) is 11.8. The van der Waals surface area contributed by atoms with Crippen LogP contribution in [0, 0.1) is 0 Å². The number of aliphatic hydroxyl groups excluding tert-OH is 1. The standard InChI is InChI=1S/C15H17NO5S2/c17-12(15-2-1-9-22-15)5-6-16-23(18,19)11-3-4-13-14(10-11)21-8-7-20-13/h1-4,9-10,12,16-17H,5-8H2/t12-/m0/s1. The van der Waals surface area contributed by atoms with Crippen molar-refractivity contribution in [2.24, 2.45) is 0 Å². The summed E-state index contributed by atoms with van der Waals surface area (Å²) in [6, 6.07) is 8.19. The molecule has 3 rings (SSSR count). The lowest BCUT2D eigenvalue weighted by Gasteiger charge is -2.19. The number of fused-ring (bicyclic) bond motifs is 1. The van der Waals surface area contributed by atoms with Gasteiger partial charge in [-0.2, -0.15) is 0 Å². The van der Waals surface area contributed by atoms with Crippen molar-refractivity contribution in [3.63, 3.8) is 0 Å². The van der Waals surface area contributed by atoms with E-state index in [2.05, 4.69) is 4.72 Å². The SMILES string of the molecule is O=S(=O)(NCC[C@H](O)c1cccs1)c1ccc2c(c1)OCCO2. The van der Waals surface area contributed by atoms with Gasteiger partial charge in [-0.3, -0.25) is 0 Å². The van der Waals surface area contributed by atoms with Gasteiger partial charge in [0.2, 0.25) is 10.0 Å². The van der Waals surface area contributed by atoms with E-state index in [9.17, 15) is 13.5 Å². The second-order valence-electron chi connectivity index (χ2n) is 5.02. The molecule has 2 heterocycles. The molecule has 2 aromatic rings. The van der Waals surface area contributed by atoms with E-state index in [0.717, 1.165) is 4.88 Å². The smallest absolute Gasteiger partial charge is 0.240 e. The summed E-state index contributed by atoms with van der Waals surface area (Å²) in [5.74, 6) is 0.973. The van der Waals surface area contributed by atoms with E-state index < -0.39 is 16.1 Å². The summed E-state index contributed by atoms with van der Waals surface area (Å²) in [5.41, 5.74) is 0. The van der Waals surface area contributed by atoms with Crippen molar-refractivity contribution in [3.8, 4) is 11.5 Å². The van der Waals surface area contributed by atoms with E-state index in [1.807, 2.05) is 17.5 Å². The van der Waals surface area contributed by atoms with Crippen LogP contribution in [-0.4, -0.2) is 33.3 Å². The predicted molar refractivity (Wildman–Crippen MR) is 86.5 cm³/mol. The number of hydrogen-bond donors (Lipinski definition) is 2. The first-order valence-electron chi connectivity index (χ1n) is 7.17. The van der Waals surface area contributed by atoms with Crippen molar-refractivity contribution >= 4 is 21.4 Å². The molecular formula is C15H17NO5S2. The first-order chi connectivity index (χ1) is 11.1. The Bertz CT molecular complexity index is 758. The Morgan fingerprint density at radius 1 is 1.22 bits per heavy atom. The Morgan fingerprint density at radius 2 is 2.00 bits per heavy atom. The molecule has 1 aliphatic heterocycles. The van der Waals surface area contributed by atoms with Crippen LogP contribution in [0.15, 0.2) is 40.6 Å². The quantitative estimate of drug-likeness (QED) is 0.827. The summed E-state index contributed by atoms with van der Waals surface area (Å²) in [4.78, 5) is 0.941. The van der Waals surface area contributed by atoms with Gasteiger partial charge in [0.15, 0.2) is 11.5 Å². The lowest BCUT2D eigenvalue weighted by Crippen LogP contribution is -2.26. The topological polar surface area (TPSA) is 84.9 Å². The molecule has 0 unspecified atom stereocenters. The minimum absolute atomic E-state index is 0.118. The molecule has 6 nitrogen and oxygen atoms in total. The average molecular weight is 355 g/mol. The summed E-state index contributed by atoms with van der Waals surface area (Å²) in [7, 11) is -3.65. The summed E-state index contributed by atoms with van der Waals surface area (Å²) >= 11 is 1.44. The number of sulfonamides is 1. The molecule has 124 valence electrons. The molecule has 0 fully saturated rings. The van der Waals surface area contributed by atoms with Crippen LogP contribution in [0.5, 0.6) is 11.5 Å². The van der Waals surface area contributed by atoms with Crippen molar-refractivity contribution in [1.29, 1.82) is 0 Å². The van der Waals surface area contributed by atoms with Crippen molar-refractivity contribution in [1.82, 2.24) is 4.72 Å². The summed E-state index contributed by atoms with van der Waals surface area (Å²) in [6.07, 6.45) is -0.359. The van der Waals surface area contributed by atoms with Gasteiger partial charge in [-0.15, -0.1) is 11.3 Å². The molecule has 0 radical (unpaired) electrons. The highest BCUT2D eigenvalue weighted by atomic mass is 32.2. The average Bonchev–Trinajstić information content (AvgIpc) is 3.08. The molecule has 1 atom stereocenters.